The minimum Gasteiger partial charge on any atom is -0.345 e. The number of hydrogen-bond acceptors (Lipinski definition) is 4. The van der Waals surface area contributed by atoms with Crippen LogP contribution in [0.15, 0.2) is 42.7 Å². The summed E-state index contributed by atoms with van der Waals surface area (Å²) in [5, 5.41) is 11.4. The summed E-state index contributed by atoms with van der Waals surface area (Å²) in [6.45, 7) is 0.331. The third-order valence-electron chi connectivity index (χ3n) is 2.28. The molecular formula is C13H10N4O. The maximum atomic E-state index is 11.8. The van der Waals surface area contributed by atoms with Gasteiger partial charge in [0.2, 0.25) is 0 Å². The number of hydrogen-bond donors (Lipinski definition) is 1. The number of amides is 1. The van der Waals surface area contributed by atoms with E-state index in [0.717, 1.165) is 5.69 Å². The topological polar surface area (TPSA) is 78.7 Å². The Morgan fingerprint density at radius 3 is 2.89 bits per heavy atom. The zero-order valence-electron chi connectivity index (χ0n) is 9.50. The summed E-state index contributed by atoms with van der Waals surface area (Å²) in [7, 11) is 0. The van der Waals surface area contributed by atoms with Crippen LogP contribution in [0, 0.1) is 11.3 Å². The molecule has 0 radical (unpaired) electrons. The van der Waals surface area contributed by atoms with Crippen molar-refractivity contribution in [1.29, 1.82) is 5.26 Å². The molecule has 0 bridgehead atoms. The monoisotopic (exact) mass is 238 g/mol. The second-order valence-electron chi connectivity index (χ2n) is 3.55. The second-order valence-corrected chi connectivity index (χ2v) is 3.55. The predicted octanol–water partition coefficient (Wildman–Crippen LogP) is 1.28. The van der Waals surface area contributed by atoms with Crippen LogP contribution < -0.4 is 5.32 Å². The molecule has 5 nitrogen and oxygen atoms in total. The molecule has 5 heteroatoms. The van der Waals surface area contributed by atoms with Gasteiger partial charge >= 0.3 is 0 Å². The number of carbonyl (C=O) groups excluding carboxylic acids is 1. The Bertz CT molecular complexity index is 589. The SMILES string of the molecule is N#Cc1ccnc(C(=O)NCc2ccccn2)c1. The molecule has 0 aliphatic heterocycles. The normalized spacial score (nSPS) is 9.50. The lowest BCUT2D eigenvalue weighted by Gasteiger charge is -2.03. The fourth-order valence-electron chi connectivity index (χ4n) is 1.39. The van der Waals surface area contributed by atoms with Crippen LogP contribution in [-0.4, -0.2) is 15.9 Å². The molecule has 1 N–H and O–H groups in total. The van der Waals surface area contributed by atoms with Gasteiger partial charge in [-0.3, -0.25) is 14.8 Å². The number of aromatic nitrogens is 2. The molecule has 0 saturated carbocycles. The Hall–Kier alpha value is -2.74. The molecule has 0 aliphatic carbocycles. The van der Waals surface area contributed by atoms with E-state index >= 15 is 0 Å². The minimum atomic E-state index is -0.322. The first-order valence-electron chi connectivity index (χ1n) is 5.34. The van der Waals surface area contributed by atoms with E-state index in [4.69, 9.17) is 5.26 Å². The summed E-state index contributed by atoms with van der Waals surface area (Å²) < 4.78 is 0. The van der Waals surface area contributed by atoms with Gasteiger partial charge in [-0.2, -0.15) is 5.26 Å². The van der Waals surface area contributed by atoms with Gasteiger partial charge in [0.1, 0.15) is 5.69 Å². The summed E-state index contributed by atoms with van der Waals surface area (Å²) >= 11 is 0. The maximum Gasteiger partial charge on any atom is 0.270 e. The zero-order chi connectivity index (χ0) is 12.8. The van der Waals surface area contributed by atoms with Gasteiger partial charge in [0.05, 0.1) is 23.9 Å². The summed E-state index contributed by atoms with van der Waals surface area (Å²) in [6.07, 6.45) is 3.10. The van der Waals surface area contributed by atoms with Gasteiger partial charge in [-0.25, -0.2) is 0 Å². The summed E-state index contributed by atoms with van der Waals surface area (Å²) in [6, 6.07) is 10.4. The Labute approximate surface area is 104 Å². The average Bonchev–Trinajstić information content (AvgIpc) is 2.46. The molecule has 2 aromatic rings. The van der Waals surface area contributed by atoms with E-state index in [9.17, 15) is 4.79 Å². The van der Waals surface area contributed by atoms with Crippen LogP contribution in [0.2, 0.25) is 0 Å². The number of carbonyl (C=O) groups is 1. The Balaban J connectivity index is 2.02. The predicted molar refractivity (Wildman–Crippen MR) is 64.4 cm³/mol. The highest BCUT2D eigenvalue weighted by Crippen LogP contribution is 2.01. The van der Waals surface area contributed by atoms with Crippen LogP contribution in [0.25, 0.3) is 0 Å². The van der Waals surface area contributed by atoms with Crippen LogP contribution >= 0.6 is 0 Å². The molecule has 2 heterocycles. The van der Waals surface area contributed by atoms with Crippen molar-refractivity contribution in [2.45, 2.75) is 6.54 Å². The van der Waals surface area contributed by atoms with E-state index in [0.29, 0.717) is 12.1 Å². The summed E-state index contributed by atoms with van der Waals surface area (Å²) in [4.78, 5) is 19.8. The summed E-state index contributed by atoms with van der Waals surface area (Å²) in [5.74, 6) is -0.322. The molecule has 88 valence electrons. The molecular weight excluding hydrogens is 228 g/mol. The van der Waals surface area contributed by atoms with Gasteiger partial charge in [-0.05, 0) is 24.3 Å². The van der Waals surface area contributed by atoms with Gasteiger partial charge < -0.3 is 5.32 Å². The zero-order valence-corrected chi connectivity index (χ0v) is 9.50. The molecule has 0 unspecified atom stereocenters. The van der Waals surface area contributed by atoms with Crippen molar-refractivity contribution in [2.75, 3.05) is 0 Å². The molecule has 0 saturated heterocycles. The van der Waals surface area contributed by atoms with Crippen molar-refractivity contribution < 1.29 is 4.79 Å². The first-order chi connectivity index (χ1) is 8.79. The van der Waals surface area contributed by atoms with Gasteiger partial charge in [-0.1, -0.05) is 6.07 Å². The Kier molecular flexibility index (Phi) is 3.62. The van der Waals surface area contributed by atoms with Crippen LogP contribution in [0.1, 0.15) is 21.7 Å². The summed E-state index contributed by atoms with van der Waals surface area (Å²) in [5.41, 5.74) is 1.40. The number of nitrogens with one attached hydrogen (secondary N) is 1. The fraction of sp³-hybridized carbons (Fsp3) is 0.0769. The fourth-order valence-corrected chi connectivity index (χ4v) is 1.39. The molecule has 0 spiro atoms. The van der Waals surface area contributed by atoms with Gasteiger partial charge in [0.25, 0.3) is 5.91 Å². The van der Waals surface area contributed by atoms with Crippen LogP contribution in [0.3, 0.4) is 0 Å². The minimum absolute atomic E-state index is 0.227. The molecule has 0 atom stereocenters. The van der Waals surface area contributed by atoms with E-state index in [1.54, 1.807) is 12.3 Å². The number of rotatable bonds is 3. The van der Waals surface area contributed by atoms with E-state index < -0.39 is 0 Å². The molecule has 1 amide bonds. The van der Waals surface area contributed by atoms with Crippen molar-refractivity contribution in [1.82, 2.24) is 15.3 Å². The first kappa shape index (κ1) is 11.7. The lowest BCUT2D eigenvalue weighted by atomic mass is 10.2. The molecule has 2 rings (SSSR count). The van der Waals surface area contributed by atoms with E-state index in [1.807, 2.05) is 24.3 Å². The number of nitrogens with zero attached hydrogens (tertiary/aromatic N) is 3. The third kappa shape index (κ3) is 2.89. The van der Waals surface area contributed by atoms with Crippen molar-refractivity contribution >= 4 is 5.91 Å². The molecule has 0 aliphatic rings. The third-order valence-corrected chi connectivity index (χ3v) is 2.28. The first-order valence-corrected chi connectivity index (χ1v) is 5.34. The molecule has 0 fully saturated rings. The molecule has 0 aromatic carbocycles. The van der Waals surface area contributed by atoms with Crippen molar-refractivity contribution in [3.63, 3.8) is 0 Å². The second kappa shape index (κ2) is 5.55. The van der Waals surface area contributed by atoms with E-state index in [2.05, 4.69) is 15.3 Å². The Morgan fingerprint density at radius 1 is 1.28 bits per heavy atom. The number of pyridine rings is 2. The van der Waals surface area contributed by atoms with Crippen molar-refractivity contribution in [3.8, 4) is 6.07 Å². The largest absolute Gasteiger partial charge is 0.345 e. The lowest BCUT2D eigenvalue weighted by Crippen LogP contribution is -2.24. The molecule has 18 heavy (non-hydrogen) atoms. The lowest BCUT2D eigenvalue weighted by molar-refractivity contribution is 0.0945. The molecule has 2 aromatic heterocycles. The van der Waals surface area contributed by atoms with Crippen molar-refractivity contribution in [3.05, 3.63) is 59.7 Å². The van der Waals surface area contributed by atoms with Gasteiger partial charge in [0.15, 0.2) is 0 Å². The highest BCUT2D eigenvalue weighted by Gasteiger charge is 2.07. The van der Waals surface area contributed by atoms with Gasteiger partial charge in [-0.15, -0.1) is 0 Å². The van der Waals surface area contributed by atoms with E-state index in [-0.39, 0.29) is 11.6 Å². The standard InChI is InChI=1S/C13H10N4O/c14-8-10-4-6-16-12(7-10)13(18)17-9-11-3-1-2-5-15-11/h1-7H,9H2,(H,17,18). The quantitative estimate of drug-likeness (QED) is 0.873. The van der Waals surface area contributed by atoms with Gasteiger partial charge in [0, 0.05) is 12.4 Å². The Morgan fingerprint density at radius 2 is 2.17 bits per heavy atom. The number of nitriles is 1. The van der Waals surface area contributed by atoms with Crippen LogP contribution in [0.4, 0.5) is 0 Å². The smallest absolute Gasteiger partial charge is 0.270 e. The maximum absolute atomic E-state index is 11.8. The highest BCUT2D eigenvalue weighted by atomic mass is 16.1. The van der Waals surface area contributed by atoms with Crippen molar-refractivity contribution in [2.24, 2.45) is 0 Å². The van der Waals surface area contributed by atoms with Crippen LogP contribution in [-0.2, 0) is 6.54 Å². The van der Waals surface area contributed by atoms with E-state index in [1.165, 1.54) is 12.3 Å². The average molecular weight is 238 g/mol. The highest BCUT2D eigenvalue weighted by molar-refractivity contribution is 5.92. The van der Waals surface area contributed by atoms with Crippen LogP contribution in [0.5, 0.6) is 0 Å².